The van der Waals surface area contributed by atoms with Crippen LogP contribution in [-0.4, -0.2) is 11.1 Å². The highest BCUT2D eigenvalue weighted by atomic mass is 35.5. The molecule has 0 heterocycles. The van der Waals surface area contributed by atoms with Gasteiger partial charge in [0.1, 0.15) is 0 Å². The number of halogens is 5. The molecule has 0 saturated heterocycles. The van der Waals surface area contributed by atoms with Crippen LogP contribution in [0.2, 0.25) is 10.0 Å². The number of hydrogen-bond acceptors (Lipinski definition) is 1. The van der Waals surface area contributed by atoms with E-state index in [-0.39, 0.29) is 0 Å². The van der Waals surface area contributed by atoms with E-state index in [1.807, 2.05) is 0 Å². The van der Waals surface area contributed by atoms with Gasteiger partial charge >= 0.3 is 12.1 Å². The summed E-state index contributed by atoms with van der Waals surface area (Å²) in [6.45, 7) is 0. The molecular formula is C8H3Cl2F3O2. The Bertz CT molecular complexity index is 415. The number of benzene rings is 1. The second-order valence-electron chi connectivity index (χ2n) is 2.59. The average molecular weight is 259 g/mol. The normalized spacial score (nSPS) is 11.5. The summed E-state index contributed by atoms with van der Waals surface area (Å²) in [4.78, 5) is 10.5. The highest BCUT2D eigenvalue weighted by Crippen LogP contribution is 2.39. The van der Waals surface area contributed by atoms with E-state index in [9.17, 15) is 18.0 Å². The van der Waals surface area contributed by atoms with Crippen LogP contribution in [-0.2, 0) is 6.18 Å². The quantitative estimate of drug-likeness (QED) is 0.834. The van der Waals surface area contributed by atoms with Crippen LogP contribution in [0.3, 0.4) is 0 Å². The first kappa shape index (κ1) is 12.1. The maximum absolute atomic E-state index is 12.3. The summed E-state index contributed by atoms with van der Waals surface area (Å²) in [5.74, 6) is -1.43. The molecule has 0 spiro atoms. The minimum Gasteiger partial charge on any atom is -0.478 e. The molecule has 0 aliphatic heterocycles. The number of rotatable bonds is 1. The van der Waals surface area contributed by atoms with Gasteiger partial charge in [0, 0.05) is 0 Å². The molecule has 15 heavy (non-hydrogen) atoms. The summed E-state index contributed by atoms with van der Waals surface area (Å²) in [5.41, 5.74) is -1.62. The van der Waals surface area contributed by atoms with E-state index in [1.54, 1.807) is 0 Å². The van der Waals surface area contributed by atoms with Crippen molar-refractivity contribution in [2.75, 3.05) is 0 Å². The molecule has 0 aliphatic rings. The molecule has 82 valence electrons. The predicted octanol–water partition coefficient (Wildman–Crippen LogP) is 3.71. The Morgan fingerprint density at radius 1 is 1.20 bits per heavy atom. The van der Waals surface area contributed by atoms with Crippen molar-refractivity contribution in [3.8, 4) is 0 Å². The van der Waals surface area contributed by atoms with Crippen molar-refractivity contribution >= 4 is 29.2 Å². The van der Waals surface area contributed by atoms with Gasteiger partial charge in [0.15, 0.2) is 0 Å². The Hall–Kier alpha value is -0.940. The second kappa shape index (κ2) is 3.90. The van der Waals surface area contributed by atoms with Crippen LogP contribution in [0, 0.1) is 0 Å². The van der Waals surface area contributed by atoms with E-state index >= 15 is 0 Å². The van der Waals surface area contributed by atoms with Crippen LogP contribution >= 0.6 is 23.2 Å². The molecule has 0 amide bonds. The lowest BCUT2D eigenvalue weighted by Crippen LogP contribution is -2.08. The van der Waals surface area contributed by atoms with E-state index in [0.717, 1.165) is 6.07 Å². The highest BCUT2D eigenvalue weighted by molar-refractivity contribution is 6.44. The molecule has 0 atom stereocenters. The Morgan fingerprint density at radius 3 is 2.13 bits per heavy atom. The van der Waals surface area contributed by atoms with E-state index in [1.165, 1.54) is 0 Å². The molecule has 2 nitrogen and oxygen atoms in total. The summed E-state index contributed by atoms with van der Waals surface area (Å²) in [7, 11) is 0. The molecule has 0 aliphatic carbocycles. The summed E-state index contributed by atoms with van der Waals surface area (Å²) in [6, 6.07) is 1.34. The summed E-state index contributed by atoms with van der Waals surface area (Å²) in [6.07, 6.45) is -4.66. The maximum Gasteiger partial charge on any atom is 0.417 e. The smallest absolute Gasteiger partial charge is 0.417 e. The first-order chi connectivity index (χ1) is 6.75. The van der Waals surface area contributed by atoms with Gasteiger partial charge in [0.05, 0.1) is 21.2 Å². The van der Waals surface area contributed by atoms with Gasteiger partial charge in [-0.3, -0.25) is 0 Å². The van der Waals surface area contributed by atoms with Crippen LogP contribution in [0.5, 0.6) is 0 Å². The molecule has 1 aromatic rings. The third-order valence-electron chi connectivity index (χ3n) is 1.62. The Balaban J connectivity index is 3.41. The zero-order valence-electron chi connectivity index (χ0n) is 6.90. The van der Waals surface area contributed by atoms with Crippen LogP contribution in [0.15, 0.2) is 12.1 Å². The zero-order valence-corrected chi connectivity index (χ0v) is 8.41. The lowest BCUT2D eigenvalue weighted by molar-refractivity contribution is -0.137. The fourth-order valence-corrected chi connectivity index (χ4v) is 1.45. The van der Waals surface area contributed by atoms with Crippen molar-refractivity contribution in [2.24, 2.45) is 0 Å². The largest absolute Gasteiger partial charge is 0.478 e. The minimum atomic E-state index is -4.66. The molecular weight excluding hydrogens is 256 g/mol. The summed E-state index contributed by atoms with van der Waals surface area (Å²) >= 11 is 10.7. The topological polar surface area (TPSA) is 37.3 Å². The van der Waals surface area contributed by atoms with E-state index in [2.05, 4.69) is 0 Å². The highest BCUT2D eigenvalue weighted by Gasteiger charge is 2.34. The van der Waals surface area contributed by atoms with E-state index in [0.29, 0.717) is 6.07 Å². The van der Waals surface area contributed by atoms with E-state index in [4.69, 9.17) is 28.3 Å². The average Bonchev–Trinajstić information content (AvgIpc) is 2.06. The van der Waals surface area contributed by atoms with Gasteiger partial charge < -0.3 is 5.11 Å². The van der Waals surface area contributed by atoms with Crippen LogP contribution in [0.25, 0.3) is 0 Å². The number of carbonyl (C=O) groups is 1. The van der Waals surface area contributed by atoms with Crippen LogP contribution in [0.4, 0.5) is 13.2 Å². The van der Waals surface area contributed by atoms with Crippen molar-refractivity contribution in [2.45, 2.75) is 6.18 Å². The SMILES string of the molecule is O=C(O)c1ccc(C(F)(F)F)c(Cl)c1Cl. The summed E-state index contributed by atoms with van der Waals surface area (Å²) in [5, 5.41) is 7.15. The molecule has 0 fully saturated rings. The fraction of sp³-hybridized carbons (Fsp3) is 0.125. The van der Waals surface area contributed by atoms with E-state index < -0.39 is 33.3 Å². The van der Waals surface area contributed by atoms with Crippen molar-refractivity contribution in [1.82, 2.24) is 0 Å². The van der Waals surface area contributed by atoms with Gasteiger partial charge in [-0.25, -0.2) is 4.79 Å². The van der Waals surface area contributed by atoms with Gasteiger partial charge in [0.2, 0.25) is 0 Å². The first-order valence-electron chi connectivity index (χ1n) is 3.53. The molecule has 1 rings (SSSR count). The fourth-order valence-electron chi connectivity index (χ4n) is 0.934. The van der Waals surface area contributed by atoms with Crippen LogP contribution in [0.1, 0.15) is 15.9 Å². The maximum atomic E-state index is 12.3. The Kier molecular flexibility index (Phi) is 3.16. The number of hydrogen-bond donors (Lipinski definition) is 1. The third kappa shape index (κ3) is 2.35. The van der Waals surface area contributed by atoms with Crippen molar-refractivity contribution in [3.63, 3.8) is 0 Å². The molecule has 0 unspecified atom stereocenters. The van der Waals surface area contributed by atoms with Gasteiger partial charge in [-0.05, 0) is 12.1 Å². The number of carboxylic acid groups (broad SMARTS) is 1. The molecule has 0 radical (unpaired) electrons. The second-order valence-corrected chi connectivity index (χ2v) is 3.35. The van der Waals surface area contributed by atoms with Gasteiger partial charge in [0.25, 0.3) is 0 Å². The Labute approximate surface area is 92.2 Å². The lowest BCUT2D eigenvalue weighted by Gasteiger charge is -2.10. The van der Waals surface area contributed by atoms with Crippen molar-refractivity contribution in [3.05, 3.63) is 33.3 Å². The predicted molar refractivity (Wildman–Crippen MR) is 48.4 cm³/mol. The molecule has 0 aromatic heterocycles. The van der Waals surface area contributed by atoms with Crippen LogP contribution < -0.4 is 0 Å². The van der Waals surface area contributed by atoms with Gasteiger partial charge in [-0.1, -0.05) is 23.2 Å². The van der Waals surface area contributed by atoms with Gasteiger partial charge in [-0.15, -0.1) is 0 Å². The van der Waals surface area contributed by atoms with Crippen molar-refractivity contribution < 1.29 is 23.1 Å². The first-order valence-corrected chi connectivity index (χ1v) is 4.29. The molecule has 7 heteroatoms. The van der Waals surface area contributed by atoms with Crippen molar-refractivity contribution in [1.29, 1.82) is 0 Å². The standard InChI is InChI=1S/C8H3Cl2F3O2/c9-5-3(7(14)15)1-2-4(6(5)10)8(11,12)13/h1-2H,(H,14,15). The zero-order chi connectivity index (χ0) is 11.8. The molecule has 0 bridgehead atoms. The third-order valence-corrected chi connectivity index (χ3v) is 2.50. The summed E-state index contributed by atoms with van der Waals surface area (Å²) < 4.78 is 36.8. The monoisotopic (exact) mass is 258 g/mol. The molecule has 0 saturated carbocycles. The number of carboxylic acids is 1. The molecule has 1 aromatic carbocycles. The lowest BCUT2D eigenvalue weighted by atomic mass is 10.1. The molecule has 1 N–H and O–H groups in total. The van der Waals surface area contributed by atoms with Gasteiger partial charge in [-0.2, -0.15) is 13.2 Å². The minimum absolute atomic E-state index is 0.463. The number of alkyl halides is 3. The number of aromatic carboxylic acids is 1. The Morgan fingerprint density at radius 2 is 1.73 bits per heavy atom.